The van der Waals surface area contributed by atoms with Crippen molar-refractivity contribution in [2.45, 2.75) is 32.8 Å². The van der Waals surface area contributed by atoms with Crippen LogP contribution in [0.3, 0.4) is 0 Å². The second kappa shape index (κ2) is 6.20. The van der Waals surface area contributed by atoms with Crippen molar-refractivity contribution in [1.29, 1.82) is 0 Å². The summed E-state index contributed by atoms with van der Waals surface area (Å²) in [6, 6.07) is 7.91. The number of aromatic nitrogens is 2. The molecule has 1 aliphatic heterocycles. The van der Waals surface area contributed by atoms with Gasteiger partial charge in [0.2, 0.25) is 5.82 Å². The molecule has 120 valence electrons. The van der Waals surface area contributed by atoms with Gasteiger partial charge in [-0.15, -0.1) is 0 Å². The topological polar surface area (TPSA) is 81.4 Å². The van der Waals surface area contributed by atoms with Crippen molar-refractivity contribution in [3.63, 3.8) is 0 Å². The number of fused-ring (bicyclic) bond motifs is 1. The van der Waals surface area contributed by atoms with Gasteiger partial charge >= 0.3 is 5.69 Å². The highest BCUT2D eigenvalue weighted by molar-refractivity contribution is 5.73. The summed E-state index contributed by atoms with van der Waals surface area (Å²) in [5.41, 5.74) is 1.94. The minimum atomic E-state index is -0.468. The fourth-order valence-electron chi connectivity index (χ4n) is 2.77. The third-order valence-electron chi connectivity index (χ3n) is 3.67. The molecule has 0 bridgehead atoms. The zero-order valence-corrected chi connectivity index (χ0v) is 13.1. The highest BCUT2D eigenvalue weighted by Crippen LogP contribution is 2.40. The first-order valence-corrected chi connectivity index (χ1v) is 7.59. The molecule has 2 heterocycles. The molecule has 3 rings (SSSR count). The Bertz CT molecular complexity index is 733. The Morgan fingerprint density at radius 3 is 2.83 bits per heavy atom. The molecule has 0 unspecified atom stereocenters. The van der Waals surface area contributed by atoms with Crippen LogP contribution in [0, 0.1) is 10.1 Å². The van der Waals surface area contributed by atoms with E-state index in [9.17, 15) is 10.1 Å². The van der Waals surface area contributed by atoms with Gasteiger partial charge < -0.3 is 9.64 Å². The van der Waals surface area contributed by atoms with E-state index in [2.05, 4.69) is 9.97 Å². The van der Waals surface area contributed by atoms with E-state index >= 15 is 0 Å². The Kier molecular flexibility index (Phi) is 4.10. The molecule has 0 saturated carbocycles. The molecular formula is C16H18N4O3. The summed E-state index contributed by atoms with van der Waals surface area (Å²) in [4.78, 5) is 21.1. The molecule has 0 amide bonds. The second-order valence-corrected chi connectivity index (χ2v) is 5.66. The Balaban J connectivity index is 2.12. The van der Waals surface area contributed by atoms with Crippen LogP contribution in [0.25, 0.3) is 0 Å². The van der Waals surface area contributed by atoms with Crippen LogP contribution in [0.5, 0.6) is 5.88 Å². The second-order valence-electron chi connectivity index (χ2n) is 5.66. The van der Waals surface area contributed by atoms with Gasteiger partial charge in [-0.25, -0.2) is 4.98 Å². The van der Waals surface area contributed by atoms with Gasteiger partial charge in [0.05, 0.1) is 11.0 Å². The van der Waals surface area contributed by atoms with Crippen LogP contribution in [0.1, 0.15) is 25.8 Å². The smallest absolute Gasteiger partial charge is 0.373 e. The van der Waals surface area contributed by atoms with E-state index in [-0.39, 0.29) is 23.5 Å². The predicted molar refractivity (Wildman–Crippen MR) is 86.2 cm³/mol. The SMILES string of the molecule is CC(C)Oc1ncnc(N2CCCc3ccccc32)c1[N+](=O)[O-]. The maximum absolute atomic E-state index is 11.6. The zero-order chi connectivity index (χ0) is 16.4. The molecule has 2 aromatic rings. The lowest BCUT2D eigenvalue weighted by molar-refractivity contribution is -0.385. The molecule has 1 aromatic carbocycles. The maximum atomic E-state index is 11.6. The van der Waals surface area contributed by atoms with Crippen molar-refractivity contribution < 1.29 is 9.66 Å². The van der Waals surface area contributed by atoms with E-state index in [0.717, 1.165) is 24.1 Å². The summed E-state index contributed by atoms with van der Waals surface area (Å²) in [5, 5.41) is 11.6. The molecule has 0 radical (unpaired) electrons. The first kappa shape index (κ1) is 15.2. The van der Waals surface area contributed by atoms with Gasteiger partial charge in [0.1, 0.15) is 6.33 Å². The van der Waals surface area contributed by atoms with Crippen molar-refractivity contribution in [3.8, 4) is 5.88 Å². The Morgan fingerprint density at radius 2 is 2.09 bits per heavy atom. The molecule has 0 spiro atoms. The average molecular weight is 314 g/mol. The van der Waals surface area contributed by atoms with Crippen LogP contribution in [0.15, 0.2) is 30.6 Å². The molecule has 0 N–H and O–H groups in total. The van der Waals surface area contributed by atoms with E-state index in [1.807, 2.05) is 43.0 Å². The third kappa shape index (κ3) is 2.94. The number of anilines is 2. The Hall–Kier alpha value is -2.70. The highest BCUT2D eigenvalue weighted by atomic mass is 16.6. The molecule has 1 aliphatic rings. The van der Waals surface area contributed by atoms with E-state index in [1.165, 1.54) is 6.33 Å². The fraction of sp³-hybridized carbons (Fsp3) is 0.375. The molecular weight excluding hydrogens is 296 g/mol. The summed E-state index contributed by atoms with van der Waals surface area (Å²) >= 11 is 0. The fourth-order valence-corrected chi connectivity index (χ4v) is 2.77. The minimum Gasteiger partial charge on any atom is -0.470 e. The molecule has 23 heavy (non-hydrogen) atoms. The van der Waals surface area contributed by atoms with Gasteiger partial charge in [-0.3, -0.25) is 10.1 Å². The van der Waals surface area contributed by atoms with Crippen LogP contribution in [0.2, 0.25) is 0 Å². The van der Waals surface area contributed by atoms with Crippen molar-refractivity contribution in [1.82, 2.24) is 9.97 Å². The standard InChI is InChI=1S/C16H18N4O3/c1-11(2)23-16-14(20(21)22)15(17-10-18-16)19-9-5-7-12-6-3-4-8-13(12)19/h3-4,6,8,10-11H,5,7,9H2,1-2H3. The number of hydrogen-bond donors (Lipinski definition) is 0. The number of rotatable bonds is 4. The van der Waals surface area contributed by atoms with Crippen LogP contribution in [-0.4, -0.2) is 27.5 Å². The third-order valence-corrected chi connectivity index (χ3v) is 3.67. The first-order chi connectivity index (χ1) is 11.1. The number of benzene rings is 1. The van der Waals surface area contributed by atoms with E-state index in [0.29, 0.717) is 6.54 Å². The maximum Gasteiger partial charge on any atom is 0.373 e. The van der Waals surface area contributed by atoms with Gasteiger partial charge in [0.25, 0.3) is 5.88 Å². The van der Waals surface area contributed by atoms with Gasteiger partial charge in [-0.05, 0) is 38.3 Å². The summed E-state index contributed by atoms with van der Waals surface area (Å²) in [6.07, 6.45) is 2.99. The first-order valence-electron chi connectivity index (χ1n) is 7.59. The minimum absolute atomic E-state index is 0.0121. The van der Waals surface area contributed by atoms with Crippen LogP contribution < -0.4 is 9.64 Å². The van der Waals surface area contributed by atoms with Crippen LogP contribution in [0.4, 0.5) is 17.2 Å². The lowest BCUT2D eigenvalue weighted by Gasteiger charge is -2.30. The molecule has 1 aromatic heterocycles. The summed E-state index contributed by atoms with van der Waals surface area (Å²) in [7, 11) is 0. The lowest BCUT2D eigenvalue weighted by Crippen LogP contribution is -2.26. The molecule has 7 heteroatoms. The molecule has 7 nitrogen and oxygen atoms in total. The summed E-state index contributed by atoms with van der Waals surface area (Å²) < 4.78 is 5.51. The molecule has 0 aliphatic carbocycles. The number of nitrogens with zero attached hydrogens (tertiary/aromatic N) is 4. The van der Waals surface area contributed by atoms with Crippen molar-refractivity contribution in [3.05, 3.63) is 46.3 Å². The number of ether oxygens (including phenoxy) is 1. The monoisotopic (exact) mass is 314 g/mol. The van der Waals surface area contributed by atoms with E-state index < -0.39 is 4.92 Å². The van der Waals surface area contributed by atoms with Crippen LogP contribution >= 0.6 is 0 Å². The highest BCUT2D eigenvalue weighted by Gasteiger charge is 2.31. The van der Waals surface area contributed by atoms with Gasteiger partial charge in [0, 0.05) is 12.2 Å². The van der Waals surface area contributed by atoms with Crippen molar-refractivity contribution >= 4 is 17.2 Å². The summed E-state index contributed by atoms with van der Waals surface area (Å²) in [6.45, 7) is 4.29. The number of para-hydroxylation sites is 1. The van der Waals surface area contributed by atoms with E-state index in [1.54, 1.807) is 0 Å². The molecule has 0 fully saturated rings. The number of nitro groups is 1. The Labute approximate surface area is 134 Å². The molecule has 0 atom stereocenters. The largest absolute Gasteiger partial charge is 0.470 e. The number of aryl methyl sites for hydroxylation is 1. The van der Waals surface area contributed by atoms with Gasteiger partial charge in [-0.2, -0.15) is 4.98 Å². The predicted octanol–water partition coefficient (Wildman–Crippen LogP) is 3.26. The Morgan fingerprint density at radius 1 is 1.30 bits per heavy atom. The van der Waals surface area contributed by atoms with Gasteiger partial charge in [0.15, 0.2) is 0 Å². The summed E-state index contributed by atoms with van der Waals surface area (Å²) in [5.74, 6) is 0.297. The average Bonchev–Trinajstić information content (AvgIpc) is 2.53. The van der Waals surface area contributed by atoms with Crippen molar-refractivity contribution in [2.24, 2.45) is 0 Å². The van der Waals surface area contributed by atoms with Gasteiger partial charge in [-0.1, -0.05) is 18.2 Å². The quantitative estimate of drug-likeness (QED) is 0.636. The zero-order valence-electron chi connectivity index (χ0n) is 13.1. The molecule has 0 saturated heterocycles. The lowest BCUT2D eigenvalue weighted by atomic mass is 10.0. The van der Waals surface area contributed by atoms with Crippen molar-refractivity contribution in [2.75, 3.05) is 11.4 Å². The normalized spacial score (nSPS) is 13.8. The number of hydrogen-bond acceptors (Lipinski definition) is 6. The van der Waals surface area contributed by atoms with E-state index in [4.69, 9.17) is 4.74 Å². The van der Waals surface area contributed by atoms with Crippen LogP contribution in [-0.2, 0) is 6.42 Å².